The lowest BCUT2D eigenvalue weighted by atomic mass is 9.90. The van der Waals surface area contributed by atoms with Crippen LogP contribution < -0.4 is 5.73 Å². The number of ether oxygens (including phenoxy) is 2. The summed E-state index contributed by atoms with van der Waals surface area (Å²) in [5.74, 6) is -0.997. The number of esters is 2. The first kappa shape index (κ1) is 22.7. The molecule has 0 aromatic carbocycles. The van der Waals surface area contributed by atoms with Crippen LogP contribution in [-0.4, -0.2) is 40.3 Å². The zero-order valence-electron chi connectivity index (χ0n) is 17.7. The Balaban J connectivity index is 1.64. The SMILES string of the molecule is C[C@H]1CCC/C=C/[C@@H]2C[C@H](OC(=O)/C=C/c3cnccc3N)C[C@H]2[C@H](O)/C=C/C(=O)O1. The number of carbonyl (C=O) groups is 2. The van der Waals surface area contributed by atoms with Crippen molar-refractivity contribution in [3.63, 3.8) is 0 Å². The monoisotopic (exact) mass is 426 g/mol. The quantitative estimate of drug-likeness (QED) is 0.434. The maximum absolute atomic E-state index is 12.3. The molecule has 31 heavy (non-hydrogen) atoms. The van der Waals surface area contributed by atoms with Crippen LogP contribution in [0.25, 0.3) is 6.08 Å². The first-order valence-electron chi connectivity index (χ1n) is 10.7. The number of hydrogen-bond acceptors (Lipinski definition) is 7. The Labute approximate surface area is 182 Å². The van der Waals surface area contributed by atoms with Gasteiger partial charge in [0.2, 0.25) is 0 Å². The van der Waals surface area contributed by atoms with Crippen molar-refractivity contribution >= 4 is 23.7 Å². The fourth-order valence-corrected chi connectivity index (χ4v) is 4.09. The second-order valence-electron chi connectivity index (χ2n) is 8.15. The Kier molecular flexibility index (Phi) is 8.00. The Morgan fingerprint density at radius 2 is 2.19 bits per heavy atom. The van der Waals surface area contributed by atoms with E-state index in [1.165, 1.54) is 18.2 Å². The number of allylic oxidation sites excluding steroid dienone is 2. The van der Waals surface area contributed by atoms with E-state index in [0.717, 1.165) is 19.3 Å². The van der Waals surface area contributed by atoms with Gasteiger partial charge < -0.3 is 20.3 Å². The summed E-state index contributed by atoms with van der Waals surface area (Å²) in [6.07, 6.45) is 15.5. The van der Waals surface area contributed by atoms with Crippen molar-refractivity contribution in [3.05, 3.63) is 54.4 Å². The lowest BCUT2D eigenvalue weighted by Gasteiger charge is -2.19. The van der Waals surface area contributed by atoms with Gasteiger partial charge in [0.15, 0.2) is 0 Å². The second kappa shape index (κ2) is 10.9. The summed E-state index contributed by atoms with van der Waals surface area (Å²) >= 11 is 0. The van der Waals surface area contributed by atoms with Gasteiger partial charge in [-0.3, -0.25) is 4.98 Å². The number of aromatic nitrogens is 1. The number of fused-ring (bicyclic) bond motifs is 1. The molecule has 3 N–H and O–H groups in total. The number of nitrogens with two attached hydrogens (primary N) is 1. The first-order chi connectivity index (χ1) is 14.9. The van der Waals surface area contributed by atoms with Gasteiger partial charge in [0.25, 0.3) is 0 Å². The van der Waals surface area contributed by atoms with E-state index in [4.69, 9.17) is 15.2 Å². The van der Waals surface area contributed by atoms with Gasteiger partial charge in [0, 0.05) is 35.8 Å². The number of aliphatic hydroxyl groups is 1. The predicted octanol–water partition coefficient (Wildman–Crippen LogP) is 3.20. The number of cyclic esters (lactones) is 1. The molecule has 0 spiro atoms. The highest BCUT2D eigenvalue weighted by Gasteiger charge is 2.38. The van der Waals surface area contributed by atoms with E-state index in [0.29, 0.717) is 24.1 Å². The zero-order valence-corrected chi connectivity index (χ0v) is 17.7. The summed E-state index contributed by atoms with van der Waals surface area (Å²) in [6, 6.07) is 1.66. The highest BCUT2D eigenvalue weighted by atomic mass is 16.5. The molecule has 3 rings (SSSR count). The topological polar surface area (TPSA) is 112 Å². The van der Waals surface area contributed by atoms with Crippen molar-refractivity contribution in [2.24, 2.45) is 11.8 Å². The molecular formula is C24H30N2O5. The standard InChI is InChI=1S/C24H30N2O5/c1-16-5-3-2-4-6-17-13-19(14-20(17)22(27)8-10-23(28)30-16)31-24(29)9-7-18-15-26-12-11-21(18)25/h4,6-12,15-17,19-20,22,27H,2-3,5,13-14H2,1H3,(H2,25,26)/b6-4+,9-7+,10-8+/t16-,17+,19-,20+,22+/m0/s1. The molecular weight excluding hydrogens is 396 g/mol. The van der Waals surface area contributed by atoms with Gasteiger partial charge in [-0.2, -0.15) is 0 Å². The van der Waals surface area contributed by atoms with Crippen molar-refractivity contribution in [2.75, 3.05) is 5.73 Å². The van der Waals surface area contributed by atoms with Crippen molar-refractivity contribution in [2.45, 2.75) is 57.3 Å². The number of hydrogen-bond donors (Lipinski definition) is 2. The van der Waals surface area contributed by atoms with E-state index >= 15 is 0 Å². The molecule has 7 nitrogen and oxygen atoms in total. The minimum absolute atomic E-state index is 0.0598. The molecule has 1 aromatic heterocycles. The van der Waals surface area contributed by atoms with E-state index in [2.05, 4.69) is 17.1 Å². The molecule has 0 saturated heterocycles. The number of rotatable bonds is 3. The van der Waals surface area contributed by atoms with Crippen LogP contribution in [0.2, 0.25) is 0 Å². The molecule has 7 heteroatoms. The third-order valence-corrected chi connectivity index (χ3v) is 5.74. The summed E-state index contributed by atoms with van der Waals surface area (Å²) in [7, 11) is 0. The van der Waals surface area contributed by atoms with Crippen LogP contribution in [0.5, 0.6) is 0 Å². The molecule has 2 heterocycles. The highest BCUT2D eigenvalue weighted by molar-refractivity contribution is 5.88. The lowest BCUT2D eigenvalue weighted by Crippen LogP contribution is -2.22. The molecule has 0 radical (unpaired) electrons. The van der Waals surface area contributed by atoms with Gasteiger partial charge in [-0.1, -0.05) is 12.2 Å². The molecule has 1 aliphatic carbocycles. The largest absolute Gasteiger partial charge is 0.460 e. The molecule has 166 valence electrons. The Morgan fingerprint density at radius 1 is 1.35 bits per heavy atom. The Hall–Kier alpha value is -2.93. The molecule has 5 atom stereocenters. The third kappa shape index (κ3) is 6.79. The minimum Gasteiger partial charge on any atom is -0.460 e. The van der Waals surface area contributed by atoms with Crippen LogP contribution in [0.3, 0.4) is 0 Å². The van der Waals surface area contributed by atoms with E-state index in [1.54, 1.807) is 24.5 Å². The predicted molar refractivity (Wildman–Crippen MR) is 117 cm³/mol. The summed E-state index contributed by atoms with van der Waals surface area (Å²) < 4.78 is 10.9. The van der Waals surface area contributed by atoms with E-state index in [9.17, 15) is 14.7 Å². The number of nitrogens with zero attached hydrogens (tertiary/aromatic N) is 1. The molecule has 1 fully saturated rings. The number of nitrogen functional groups attached to an aromatic ring is 1. The van der Waals surface area contributed by atoms with Gasteiger partial charge in [0.05, 0.1) is 12.2 Å². The van der Waals surface area contributed by atoms with Crippen LogP contribution in [0, 0.1) is 11.8 Å². The highest BCUT2D eigenvalue weighted by Crippen LogP contribution is 2.38. The van der Waals surface area contributed by atoms with Gasteiger partial charge in [0.1, 0.15) is 6.10 Å². The van der Waals surface area contributed by atoms with Crippen molar-refractivity contribution in [1.29, 1.82) is 0 Å². The zero-order chi connectivity index (χ0) is 22.2. The Morgan fingerprint density at radius 3 is 3.00 bits per heavy atom. The van der Waals surface area contributed by atoms with Gasteiger partial charge >= 0.3 is 11.9 Å². The Bertz CT molecular complexity index is 863. The molecule has 1 aliphatic heterocycles. The van der Waals surface area contributed by atoms with Gasteiger partial charge in [-0.05, 0) is 69.1 Å². The summed E-state index contributed by atoms with van der Waals surface area (Å²) in [5, 5.41) is 10.6. The smallest absolute Gasteiger partial charge is 0.331 e. The normalized spacial score (nSPS) is 31.5. The average Bonchev–Trinajstić information content (AvgIpc) is 3.13. The van der Waals surface area contributed by atoms with Crippen LogP contribution in [0.15, 0.2) is 48.8 Å². The molecule has 1 saturated carbocycles. The number of anilines is 1. The fraction of sp³-hybridized carbons (Fsp3) is 0.458. The van der Waals surface area contributed by atoms with Gasteiger partial charge in [-0.15, -0.1) is 0 Å². The first-order valence-corrected chi connectivity index (χ1v) is 10.7. The molecule has 0 amide bonds. The van der Waals surface area contributed by atoms with Crippen LogP contribution in [0.1, 0.15) is 44.6 Å². The van der Waals surface area contributed by atoms with Crippen molar-refractivity contribution < 1.29 is 24.2 Å². The number of carbonyl (C=O) groups excluding carboxylic acids is 2. The number of pyridine rings is 1. The van der Waals surface area contributed by atoms with Crippen LogP contribution >= 0.6 is 0 Å². The van der Waals surface area contributed by atoms with E-state index in [1.807, 2.05) is 6.92 Å². The molecule has 0 unspecified atom stereocenters. The second-order valence-corrected chi connectivity index (χ2v) is 8.15. The van der Waals surface area contributed by atoms with Gasteiger partial charge in [-0.25, -0.2) is 9.59 Å². The minimum atomic E-state index is -0.826. The third-order valence-electron chi connectivity index (χ3n) is 5.74. The maximum Gasteiger partial charge on any atom is 0.331 e. The fourth-order valence-electron chi connectivity index (χ4n) is 4.09. The van der Waals surface area contributed by atoms with Crippen molar-refractivity contribution in [1.82, 2.24) is 4.98 Å². The van der Waals surface area contributed by atoms with E-state index < -0.39 is 18.0 Å². The van der Waals surface area contributed by atoms with Crippen LogP contribution in [0.4, 0.5) is 5.69 Å². The summed E-state index contributed by atoms with van der Waals surface area (Å²) in [6.45, 7) is 1.87. The van der Waals surface area contributed by atoms with Crippen LogP contribution in [-0.2, 0) is 19.1 Å². The van der Waals surface area contributed by atoms with Crippen molar-refractivity contribution in [3.8, 4) is 0 Å². The summed E-state index contributed by atoms with van der Waals surface area (Å²) in [5.41, 5.74) is 7.03. The summed E-state index contributed by atoms with van der Waals surface area (Å²) in [4.78, 5) is 28.2. The van der Waals surface area contributed by atoms with E-state index in [-0.39, 0.29) is 24.0 Å². The maximum atomic E-state index is 12.3. The average molecular weight is 427 g/mol. The number of aliphatic hydroxyl groups excluding tert-OH is 1. The molecule has 0 bridgehead atoms. The lowest BCUT2D eigenvalue weighted by molar-refractivity contribution is -0.143. The molecule has 1 aromatic rings. The molecule has 2 aliphatic rings.